The second-order valence-corrected chi connectivity index (χ2v) is 10.7. The van der Waals surface area contributed by atoms with Gasteiger partial charge in [-0.1, -0.05) is 17.7 Å². The lowest BCUT2D eigenvalue weighted by atomic mass is 9.71. The topological polar surface area (TPSA) is 114 Å². The number of alkyl halides is 2. The van der Waals surface area contributed by atoms with E-state index >= 15 is 0 Å². The zero-order chi connectivity index (χ0) is 26.9. The van der Waals surface area contributed by atoms with Crippen LogP contribution in [0, 0.1) is 30.1 Å². The van der Waals surface area contributed by atoms with Crippen molar-refractivity contribution in [2.75, 3.05) is 11.9 Å². The van der Waals surface area contributed by atoms with Crippen molar-refractivity contribution in [2.45, 2.75) is 82.5 Å². The molecular weight excluding hydrogens is 504 g/mol. The molecule has 4 fully saturated rings. The number of carbonyl (C=O) groups excluding carboxylic acids is 3. The number of nitrogens with one attached hydrogen (secondary N) is 3. The largest absolute Gasteiger partial charge is 0.374 e. The zero-order valence-electron chi connectivity index (χ0n) is 20.9. The molecule has 0 unspecified atom stereocenters. The van der Waals surface area contributed by atoms with Gasteiger partial charge >= 0.3 is 0 Å². The lowest BCUT2D eigenvalue weighted by molar-refractivity contribution is -0.194. The maximum absolute atomic E-state index is 15.0. The predicted octanol–water partition coefficient (Wildman–Crippen LogP) is 3.39. The fourth-order valence-corrected chi connectivity index (χ4v) is 6.03. The number of carbonyl (C=O) groups is 3. The van der Waals surface area contributed by atoms with Gasteiger partial charge in [0, 0.05) is 35.6 Å². The summed E-state index contributed by atoms with van der Waals surface area (Å²) in [4.78, 5) is 40.5. The molecule has 6 atom stereocenters. The number of piperidine rings is 3. The van der Waals surface area contributed by atoms with E-state index in [1.165, 1.54) is 4.90 Å². The first kappa shape index (κ1) is 27.1. The van der Waals surface area contributed by atoms with Gasteiger partial charge in [0.05, 0.1) is 12.0 Å². The first-order valence-corrected chi connectivity index (χ1v) is 13.1. The van der Waals surface area contributed by atoms with E-state index in [0.717, 1.165) is 12.0 Å². The number of nitrogens with zero attached hydrogens (tertiary/aromatic N) is 2. The number of hydrogen-bond donors (Lipinski definition) is 3. The summed E-state index contributed by atoms with van der Waals surface area (Å²) in [5.41, 5.74) is 1.38. The van der Waals surface area contributed by atoms with Crippen molar-refractivity contribution in [1.29, 1.82) is 5.26 Å². The average molecular weight is 536 g/mol. The summed E-state index contributed by atoms with van der Waals surface area (Å²) in [5.74, 6) is -6.32. The minimum Gasteiger partial charge on any atom is -0.374 e. The molecule has 1 aromatic carbocycles. The molecule has 5 rings (SSSR count). The Balaban J connectivity index is 1.54. The number of fused-ring (bicyclic) bond motifs is 3. The molecule has 2 bridgehead atoms. The number of rotatable bonds is 7. The molecule has 11 heteroatoms. The first-order valence-electron chi connectivity index (χ1n) is 12.7. The molecule has 3 amide bonds. The fraction of sp³-hybridized carbons (Fsp3) is 0.615. The van der Waals surface area contributed by atoms with Crippen LogP contribution in [0.3, 0.4) is 0 Å². The highest BCUT2D eigenvalue weighted by atomic mass is 35.5. The molecular formula is C26H32ClF2N5O3. The van der Waals surface area contributed by atoms with E-state index in [0.29, 0.717) is 30.1 Å². The van der Waals surface area contributed by atoms with E-state index in [4.69, 9.17) is 11.6 Å². The quantitative estimate of drug-likeness (QED) is 0.495. The van der Waals surface area contributed by atoms with Crippen LogP contribution in [0.15, 0.2) is 18.2 Å². The Morgan fingerprint density at radius 2 is 2.08 bits per heavy atom. The number of nitriles is 1. The minimum absolute atomic E-state index is 0.0885. The van der Waals surface area contributed by atoms with Crippen LogP contribution in [0.2, 0.25) is 5.02 Å². The third-order valence-corrected chi connectivity index (χ3v) is 8.27. The molecule has 8 nitrogen and oxygen atoms in total. The van der Waals surface area contributed by atoms with Gasteiger partial charge in [0.15, 0.2) is 0 Å². The molecule has 3 N–H and O–H groups in total. The van der Waals surface area contributed by atoms with Gasteiger partial charge in [0.25, 0.3) is 5.92 Å². The Morgan fingerprint density at radius 1 is 1.32 bits per heavy atom. The van der Waals surface area contributed by atoms with Gasteiger partial charge in [0.2, 0.25) is 17.7 Å². The Labute approximate surface area is 220 Å². The van der Waals surface area contributed by atoms with Crippen LogP contribution in [0.25, 0.3) is 0 Å². The summed E-state index contributed by atoms with van der Waals surface area (Å²) < 4.78 is 29.9. The van der Waals surface area contributed by atoms with E-state index in [1.807, 2.05) is 6.07 Å². The highest BCUT2D eigenvalue weighted by Gasteiger charge is 2.60. The molecule has 0 aromatic heterocycles. The van der Waals surface area contributed by atoms with E-state index in [1.54, 1.807) is 32.0 Å². The van der Waals surface area contributed by atoms with Crippen LogP contribution in [-0.2, 0) is 14.4 Å². The maximum Gasteiger partial charge on any atom is 0.255 e. The van der Waals surface area contributed by atoms with Crippen molar-refractivity contribution < 1.29 is 23.2 Å². The van der Waals surface area contributed by atoms with E-state index < -0.39 is 60.2 Å². The maximum atomic E-state index is 15.0. The van der Waals surface area contributed by atoms with Gasteiger partial charge in [-0.2, -0.15) is 5.26 Å². The van der Waals surface area contributed by atoms with E-state index in [2.05, 4.69) is 16.0 Å². The van der Waals surface area contributed by atoms with Crippen molar-refractivity contribution in [1.82, 2.24) is 15.5 Å². The average Bonchev–Trinajstić information content (AvgIpc) is 2.86. The molecule has 1 aliphatic carbocycles. The van der Waals surface area contributed by atoms with Gasteiger partial charge in [-0.25, -0.2) is 8.78 Å². The highest BCUT2D eigenvalue weighted by molar-refractivity contribution is 6.31. The molecule has 3 saturated heterocycles. The van der Waals surface area contributed by atoms with Crippen LogP contribution in [0.1, 0.15) is 51.0 Å². The van der Waals surface area contributed by atoms with Crippen LogP contribution in [0.4, 0.5) is 14.5 Å². The Bertz CT molecular complexity index is 1110. The van der Waals surface area contributed by atoms with E-state index in [-0.39, 0.29) is 18.7 Å². The normalized spacial score (nSPS) is 28.0. The second kappa shape index (κ2) is 10.8. The summed E-state index contributed by atoms with van der Waals surface area (Å²) in [6, 6.07) is 3.18. The van der Waals surface area contributed by atoms with Gasteiger partial charge in [0.1, 0.15) is 18.1 Å². The van der Waals surface area contributed by atoms with Crippen molar-refractivity contribution in [3.05, 3.63) is 28.8 Å². The van der Waals surface area contributed by atoms with Crippen molar-refractivity contribution in [2.24, 2.45) is 11.8 Å². The third-order valence-electron chi connectivity index (χ3n) is 7.86. The first-order chi connectivity index (χ1) is 17.5. The Morgan fingerprint density at radius 3 is 2.76 bits per heavy atom. The van der Waals surface area contributed by atoms with Crippen LogP contribution < -0.4 is 16.0 Å². The lowest BCUT2D eigenvalue weighted by Gasteiger charge is -2.54. The number of benzene rings is 1. The smallest absolute Gasteiger partial charge is 0.255 e. The third kappa shape index (κ3) is 5.52. The van der Waals surface area contributed by atoms with Crippen LogP contribution in [0.5, 0.6) is 0 Å². The predicted molar refractivity (Wildman–Crippen MR) is 134 cm³/mol. The van der Waals surface area contributed by atoms with Gasteiger partial charge in [-0.05, 0) is 63.6 Å². The molecule has 1 aromatic rings. The molecule has 3 heterocycles. The Kier molecular flexibility index (Phi) is 7.93. The minimum atomic E-state index is -3.10. The van der Waals surface area contributed by atoms with Crippen molar-refractivity contribution >= 4 is 35.0 Å². The van der Waals surface area contributed by atoms with E-state index in [9.17, 15) is 28.4 Å². The summed E-state index contributed by atoms with van der Waals surface area (Å²) in [6.07, 6.45) is 1.42. The molecule has 0 spiro atoms. The van der Waals surface area contributed by atoms with Crippen molar-refractivity contribution in [3.63, 3.8) is 0 Å². The van der Waals surface area contributed by atoms with Gasteiger partial charge in [-0.3, -0.25) is 14.4 Å². The monoisotopic (exact) mass is 535 g/mol. The molecule has 1 saturated carbocycles. The van der Waals surface area contributed by atoms with Crippen LogP contribution >= 0.6 is 11.6 Å². The number of halogens is 3. The lowest BCUT2D eigenvalue weighted by Crippen LogP contribution is -2.70. The molecule has 4 aliphatic rings. The number of hydrogen-bond acceptors (Lipinski definition) is 5. The second-order valence-electron chi connectivity index (χ2n) is 10.3. The van der Waals surface area contributed by atoms with Crippen molar-refractivity contribution in [3.8, 4) is 6.07 Å². The highest BCUT2D eigenvalue weighted by Crippen LogP contribution is 2.49. The molecule has 200 valence electrons. The summed E-state index contributed by atoms with van der Waals surface area (Å²) in [7, 11) is 0. The molecule has 3 aliphatic heterocycles. The fourth-order valence-electron chi connectivity index (χ4n) is 5.85. The number of anilines is 1. The van der Waals surface area contributed by atoms with Gasteiger partial charge in [-0.15, -0.1) is 0 Å². The molecule has 0 radical (unpaired) electrons. The standard InChI is InChI=1S/C26H32ClF2N5O3/c1-14-20(27)6-3-7-21(14)32-15(2)25(37)34-18-8-9-19(26(28,29)12-18)22(34)24(36)33-17(13-30)11-16-5-4-10-31-23(16)35/h3,6-7,15-19,22,32H,4-5,8-12H2,1-2H3,(H,31,35)(H,33,36)/t15-,16+,17-,18-,19-,22+/m1/s1. The summed E-state index contributed by atoms with van der Waals surface area (Å²) in [6.45, 7) is 3.99. The Hall–Kier alpha value is -2.93. The SMILES string of the molecule is Cc1c(Cl)cccc1N[C@H](C)C(=O)N1[C@@H]2CC[C@H]([C@H]1C(=O)N[C@@H](C#N)C[C@@H]1CCCNC1=O)C(F)(F)C2. The molecule has 37 heavy (non-hydrogen) atoms. The van der Waals surface area contributed by atoms with Crippen LogP contribution in [-0.4, -0.2) is 59.3 Å². The van der Waals surface area contributed by atoms with Gasteiger partial charge < -0.3 is 20.9 Å². The number of amides is 3. The summed E-state index contributed by atoms with van der Waals surface area (Å²) in [5, 5.41) is 18.6. The summed E-state index contributed by atoms with van der Waals surface area (Å²) >= 11 is 6.19. The zero-order valence-corrected chi connectivity index (χ0v) is 21.7.